The molecule has 0 saturated heterocycles. The minimum Gasteiger partial charge on any atom is -0.359 e. The maximum absolute atomic E-state index is 12.5. The third-order valence-electron chi connectivity index (χ3n) is 4.47. The Morgan fingerprint density at radius 3 is 2.36 bits per heavy atom. The lowest BCUT2D eigenvalue weighted by atomic mass is 9.96. The minimum absolute atomic E-state index is 0.0455. The van der Waals surface area contributed by atoms with Crippen molar-refractivity contribution in [3.05, 3.63) is 54.1 Å². The summed E-state index contributed by atoms with van der Waals surface area (Å²) in [5.74, 6) is -0.162. The molecule has 2 aromatic rings. The number of aryl methyl sites for hydroxylation is 1. The van der Waals surface area contributed by atoms with E-state index in [-0.39, 0.29) is 11.8 Å². The van der Waals surface area contributed by atoms with Crippen molar-refractivity contribution in [1.82, 2.24) is 0 Å². The highest BCUT2D eigenvalue weighted by Gasteiger charge is 2.24. The molecule has 3 rings (SSSR count). The maximum Gasteiger partial charge on any atom is 0.243 e. The van der Waals surface area contributed by atoms with Gasteiger partial charge in [-0.25, -0.2) is 0 Å². The fourth-order valence-corrected chi connectivity index (χ4v) is 3.20. The number of nitrogens with zero attached hydrogens (tertiary/aromatic N) is 1. The molecule has 25 heavy (non-hydrogen) atoms. The van der Waals surface area contributed by atoms with E-state index in [0.717, 1.165) is 24.2 Å². The molecule has 1 atom stereocenters. The molecule has 0 spiro atoms. The first-order valence-electron chi connectivity index (χ1n) is 8.55. The van der Waals surface area contributed by atoms with E-state index in [2.05, 4.69) is 34.6 Å². The van der Waals surface area contributed by atoms with Crippen molar-refractivity contribution in [1.29, 1.82) is 0 Å². The molecule has 0 aromatic heterocycles. The zero-order valence-electron chi connectivity index (χ0n) is 14.6. The predicted molar refractivity (Wildman–Crippen MR) is 101 cm³/mol. The first kappa shape index (κ1) is 17.0. The van der Waals surface area contributed by atoms with Gasteiger partial charge in [0.15, 0.2) is 0 Å². The van der Waals surface area contributed by atoms with Gasteiger partial charge in [-0.3, -0.25) is 9.59 Å². The molecule has 2 N–H and O–H groups in total. The summed E-state index contributed by atoms with van der Waals surface area (Å²) >= 11 is 0. The second kappa shape index (κ2) is 7.38. The van der Waals surface area contributed by atoms with Crippen molar-refractivity contribution >= 4 is 28.9 Å². The van der Waals surface area contributed by atoms with Gasteiger partial charge in [-0.05, 0) is 55.7 Å². The lowest BCUT2D eigenvalue weighted by Crippen LogP contribution is -2.42. The van der Waals surface area contributed by atoms with Gasteiger partial charge in [0.25, 0.3) is 0 Å². The predicted octanol–water partition coefficient (Wildman–Crippen LogP) is 3.42. The number of anilines is 3. The van der Waals surface area contributed by atoms with Crippen molar-refractivity contribution < 1.29 is 9.59 Å². The average molecular weight is 337 g/mol. The van der Waals surface area contributed by atoms with Gasteiger partial charge < -0.3 is 15.5 Å². The van der Waals surface area contributed by atoms with E-state index in [9.17, 15) is 9.59 Å². The molecule has 0 aliphatic carbocycles. The second-order valence-corrected chi connectivity index (χ2v) is 6.45. The standard InChI is InChI=1S/C20H23N3O2/c1-14-7-8-16-5-3-4-6-19(16)23(14)13-20(25)22-18-11-9-17(10-12-18)21-15(2)24/h3-6,9-12,14H,7-8,13H2,1-2H3,(H,21,24)(H,22,25)/t14-/m1/s1. The van der Waals surface area contributed by atoms with Crippen LogP contribution < -0.4 is 15.5 Å². The van der Waals surface area contributed by atoms with Crippen LogP contribution in [-0.4, -0.2) is 24.4 Å². The zero-order valence-corrected chi connectivity index (χ0v) is 14.6. The number of nitrogens with one attached hydrogen (secondary N) is 2. The Labute approximate surface area is 148 Å². The molecule has 1 aliphatic rings. The second-order valence-electron chi connectivity index (χ2n) is 6.45. The fourth-order valence-electron chi connectivity index (χ4n) is 3.20. The Bertz CT molecular complexity index is 771. The van der Waals surface area contributed by atoms with Gasteiger partial charge in [-0.2, -0.15) is 0 Å². The van der Waals surface area contributed by atoms with Gasteiger partial charge in [0.2, 0.25) is 11.8 Å². The van der Waals surface area contributed by atoms with E-state index >= 15 is 0 Å². The molecule has 130 valence electrons. The lowest BCUT2D eigenvalue weighted by Gasteiger charge is -2.36. The molecule has 0 bridgehead atoms. The van der Waals surface area contributed by atoms with Crippen LogP contribution in [0, 0.1) is 0 Å². The van der Waals surface area contributed by atoms with Crippen LogP contribution in [0.25, 0.3) is 0 Å². The van der Waals surface area contributed by atoms with E-state index in [1.165, 1.54) is 12.5 Å². The lowest BCUT2D eigenvalue weighted by molar-refractivity contribution is -0.115. The molecule has 1 heterocycles. The number of benzene rings is 2. The smallest absolute Gasteiger partial charge is 0.243 e. The average Bonchev–Trinajstić information content (AvgIpc) is 2.59. The Morgan fingerprint density at radius 2 is 1.68 bits per heavy atom. The van der Waals surface area contributed by atoms with Crippen LogP contribution in [-0.2, 0) is 16.0 Å². The molecule has 5 nitrogen and oxygen atoms in total. The van der Waals surface area contributed by atoms with E-state index < -0.39 is 0 Å². The van der Waals surface area contributed by atoms with Crippen LogP contribution in [0.2, 0.25) is 0 Å². The molecule has 0 radical (unpaired) electrons. The largest absolute Gasteiger partial charge is 0.359 e. The summed E-state index contributed by atoms with van der Waals surface area (Å²) < 4.78 is 0. The summed E-state index contributed by atoms with van der Waals surface area (Å²) in [6.45, 7) is 3.95. The van der Waals surface area contributed by atoms with E-state index in [1.807, 2.05) is 12.1 Å². The Kier molecular flexibility index (Phi) is 5.03. The molecule has 2 aromatic carbocycles. The number of carbonyl (C=O) groups is 2. The van der Waals surface area contributed by atoms with Crippen molar-refractivity contribution in [2.24, 2.45) is 0 Å². The number of hydrogen-bond acceptors (Lipinski definition) is 3. The SMILES string of the molecule is CC(=O)Nc1ccc(NC(=O)CN2c3ccccc3CC[C@H]2C)cc1. The molecule has 0 unspecified atom stereocenters. The van der Waals surface area contributed by atoms with E-state index in [1.54, 1.807) is 24.3 Å². The first-order valence-corrected chi connectivity index (χ1v) is 8.55. The van der Waals surface area contributed by atoms with Crippen LogP contribution in [0.15, 0.2) is 48.5 Å². The third kappa shape index (κ3) is 4.18. The van der Waals surface area contributed by atoms with Crippen LogP contribution in [0.4, 0.5) is 17.1 Å². The van der Waals surface area contributed by atoms with Crippen molar-refractivity contribution in [3.8, 4) is 0 Å². The number of amides is 2. The van der Waals surface area contributed by atoms with Crippen LogP contribution in [0.3, 0.4) is 0 Å². The van der Waals surface area contributed by atoms with Gasteiger partial charge >= 0.3 is 0 Å². The van der Waals surface area contributed by atoms with E-state index in [4.69, 9.17) is 0 Å². The monoisotopic (exact) mass is 337 g/mol. The molecule has 2 amide bonds. The molecular formula is C20H23N3O2. The molecular weight excluding hydrogens is 314 g/mol. The van der Waals surface area contributed by atoms with Gasteiger partial charge in [0, 0.05) is 30.0 Å². The summed E-state index contributed by atoms with van der Waals surface area (Å²) in [4.78, 5) is 25.7. The molecule has 0 saturated carbocycles. The highest BCUT2D eigenvalue weighted by molar-refractivity contribution is 5.95. The zero-order chi connectivity index (χ0) is 17.8. The highest BCUT2D eigenvalue weighted by Crippen LogP contribution is 2.30. The highest BCUT2D eigenvalue weighted by atomic mass is 16.2. The summed E-state index contributed by atoms with van der Waals surface area (Å²) in [5, 5.41) is 5.64. The van der Waals surface area contributed by atoms with Crippen LogP contribution in [0.5, 0.6) is 0 Å². The first-order chi connectivity index (χ1) is 12.0. The van der Waals surface area contributed by atoms with Gasteiger partial charge in [0.1, 0.15) is 0 Å². The van der Waals surface area contributed by atoms with Gasteiger partial charge in [-0.15, -0.1) is 0 Å². The van der Waals surface area contributed by atoms with Crippen molar-refractivity contribution in [2.75, 3.05) is 22.1 Å². The Balaban J connectivity index is 1.65. The number of rotatable bonds is 4. The Morgan fingerprint density at radius 1 is 1.04 bits per heavy atom. The van der Waals surface area contributed by atoms with E-state index in [0.29, 0.717) is 18.3 Å². The van der Waals surface area contributed by atoms with Gasteiger partial charge in [-0.1, -0.05) is 18.2 Å². The normalized spacial score (nSPS) is 16.1. The summed E-state index contributed by atoms with van der Waals surface area (Å²) in [6.07, 6.45) is 2.11. The topological polar surface area (TPSA) is 61.4 Å². The quantitative estimate of drug-likeness (QED) is 0.898. The molecule has 0 fully saturated rings. The minimum atomic E-state index is -0.116. The van der Waals surface area contributed by atoms with Crippen LogP contribution >= 0.6 is 0 Å². The fraction of sp³-hybridized carbons (Fsp3) is 0.300. The van der Waals surface area contributed by atoms with Crippen LogP contribution in [0.1, 0.15) is 25.8 Å². The van der Waals surface area contributed by atoms with Gasteiger partial charge in [0.05, 0.1) is 6.54 Å². The van der Waals surface area contributed by atoms with Crippen molar-refractivity contribution in [3.63, 3.8) is 0 Å². The number of para-hydroxylation sites is 1. The third-order valence-corrected chi connectivity index (χ3v) is 4.47. The summed E-state index contributed by atoms with van der Waals surface area (Å²) in [7, 11) is 0. The number of carbonyl (C=O) groups excluding carboxylic acids is 2. The Hall–Kier alpha value is -2.82. The maximum atomic E-state index is 12.5. The number of fused-ring (bicyclic) bond motifs is 1. The molecule has 1 aliphatic heterocycles. The summed E-state index contributed by atoms with van der Waals surface area (Å²) in [6, 6.07) is 15.7. The molecule has 5 heteroatoms. The van der Waals surface area contributed by atoms with Crippen molar-refractivity contribution in [2.45, 2.75) is 32.7 Å². The summed E-state index contributed by atoms with van der Waals surface area (Å²) in [5.41, 5.74) is 3.88. The number of hydrogen-bond donors (Lipinski definition) is 2.